The molecule has 2 atom stereocenters. The van der Waals surface area contributed by atoms with E-state index in [4.69, 9.17) is 0 Å². The van der Waals surface area contributed by atoms with Gasteiger partial charge in [0.1, 0.15) is 0 Å². The number of nitrogens with zero attached hydrogens (tertiary/aromatic N) is 3. The maximum atomic E-state index is 13.1. The summed E-state index contributed by atoms with van der Waals surface area (Å²) >= 11 is 0. The summed E-state index contributed by atoms with van der Waals surface area (Å²) in [7, 11) is 2.03. The molecule has 2 fully saturated rings. The molecule has 2 amide bonds. The largest absolute Gasteiger partial charge is 0.392 e. The van der Waals surface area contributed by atoms with Crippen LogP contribution in [0, 0.1) is 5.41 Å². The molecule has 8 heteroatoms. The number of likely N-dealkylation sites (N-methyl/N-ethyl adjacent to an activating group) is 1. The molecule has 0 bridgehead atoms. The molecule has 4 heterocycles. The first-order valence-corrected chi connectivity index (χ1v) is 9.01. The maximum absolute atomic E-state index is 13.1. The maximum Gasteiger partial charge on any atom is 0.274 e. The lowest BCUT2D eigenvalue weighted by molar-refractivity contribution is -0.147. The summed E-state index contributed by atoms with van der Waals surface area (Å²) in [5.74, 6) is -0.273. The lowest BCUT2D eigenvalue weighted by atomic mass is 9.71. The number of likely N-dealkylation sites (tertiary alicyclic amines) is 1. The summed E-state index contributed by atoms with van der Waals surface area (Å²) in [5.41, 5.74) is 1.58. The number of nitrogens with one attached hydrogen (secondary N) is 2. The van der Waals surface area contributed by atoms with Crippen molar-refractivity contribution in [2.45, 2.75) is 38.3 Å². The van der Waals surface area contributed by atoms with Crippen molar-refractivity contribution in [2.75, 3.05) is 33.2 Å². The predicted octanol–water partition coefficient (Wildman–Crippen LogP) is -0.499. The number of piperidine rings is 2. The van der Waals surface area contributed by atoms with E-state index in [1.807, 2.05) is 7.05 Å². The zero-order valence-electron chi connectivity index (χ0n) is 14.5. The Morgan fingerprint density at radius 3 is 3.04 bits per heavy atom. The second-order valence-corrected chi connectivity index (χ2v) is 7.56. The molecule has 4 rings (SSSR count). The fourth-order valence-corrected chi connectivity index (χ4v) is 4.37. The van der Waals surface area contributed by atoms with Gasteiger partial charge < -0.3 is 20.2 Å². The topological polar surface area (TPSA) is 102 Å². The van der Waals surface area contributed by atoms with E-state index in [2.05, 4.69) is 20.4 Å². The summed E-state index contributed by atoms with van der Waals surface area (Å²) in [6.07, 6.45) is 2.03. The highest BCUT2D eigenvalue weighted by molar-refractivity contribution is 5.95. The van der Waals surface area contributed by atoms with Gasteiger partial charge in [-0.25, -0.2) is 0 Å². The minimum absolute atomic E-state index is 0.132. The minimum atomic E-state index is -0.876. The van der Waals surface area contributed by atoms with Crippen molar-refractivity contribution in [2.24, 2.45) is 5.41 Å². The molecule has 0 saturated carbocycles. The number of aromatic nitrogens is 2. The van der Waals surface area contributed by atoms with Crippen LogP contribution in [0.1, 0.15) is 41.0 Å². The number of hydrogen-bond donors (Lipinski definition) is 3. The number of carbonyl (C=O) groups excluding carboxylic acids is 2. The van der Waals surface area contributed by atoms with Crippen LogP contribution < -0.4 is 5.32 Å². The Morgan fingerprint density at radius 1 is 1.40 bits per heavy atom. The van der Waals surface area contributed by atoms with E-state index in [9.17, 15) is 14.7 Å². The number of H-pyrrole nitrogens is 1. The Balaban J connectivity index is 1.59. The summed E-state index contributed by atoms with van der Waals surface area (Å²) in [4.78, 5) is 29.4. The highest BCUT2D eigenvalue weighted by atomic mass is 16.3. The monoisotopic (exact) mass is 347 g/mol. The van der Waals surface area contributed by atoms with Gasteiger partial charge in [-0.3, -0.25) is 14.7 Å². The highest BCUT2D eigenvalue weighted by Gasteiger charge is 2.51. The molecule has 0 unspecified atom stereocenters. The Morgan fingerprint density at radius 2 is 2.24 bits per heavy atom. The van der Waals surface area contributed by atoms with Gasteiger partial charge in [0.05, 0.1) is 11.5 Å². The van der Waals surface area contributed by atoms with Crippen molar-refractivity contribution in [3.05, 3.63) is 17.0 Å². The van der Waals surface area contributed by atoms with E-state index in [1.54, 1.807) is 4.90 Å². The van der Waals surface area contributed by atoms with Gasteiger partial charge in [0.15, 0.2) is 5.69 Å². The van der Waals surface area contributed by atoms with Crippen molar-refractivity contribution >= 4 is 11.8 Å². The Kier molecular flexibility index (Phi) is 4.04. The van der Waals surface area contributed by atoms with Crippen LogP contribution in [0.25, 0.3) is 0 Å². The molecule has 0 aromatic carbocycles. The molecular weight excluding hydrogens is 322 g/mol. The number of rotatable bonds is 1. The third kappa shape index (κ3) is 2.64. The molecule has 8 nitrogen and oxygen atoms in total. The van der Waals surface area contributed by atoms with E-state index in [0.717, 1.165) is 30.6 Å². The lowest BCUT2D eigenvalue weighted by Crippen LogP contribution is -2.62. The predicted molar refractivity (Wildman–Crippen MR) is 89.8 cm³/mol. The van der Waals surface area contributed by atoms with Crippen LogP contribution in [-0.4, -0.2) is 76.2 Å². The number of carbonyl (C=O) groups is 2. The van der Waals surface area contributed by atoms with E-state index in [-0.39, 0.29) is 18.4 Å². The number of aliphatic hydroxyl groups excluding tert-OH is 1. The van der Waals surface area contributed by atoms with Gasteiger partial charge in [-0.05, 0) is 26.3 Å². The number of fused-ring (bicyclic) bond motifs is 1. The molecule has 1 aromatic heterocycles. The number of amides is 2. The second kappa shape index (κ2) is 6.10. The van der Waals surface area contributed by atoms with Crippen LogP contribution >= 0.6 is 0 Å². The molecule has 0 radical (unpaired) electrons. The van der Waals surface area contributed by atoms with E-state index in [0.29, 0.717) is 38.2 Å². The highest BCUT2D eigenvalue weighted by Crippen LogP contribution is 2.38. The average Bonchev–Trinajstić information content (AvgIpc) is 3.02. The summed E-state index contributed by atoms with van der Waals surface area (Å²) in [5, 5.41) is 20.6. The van der Waals surface area contributed by atoms with Gasteiger partial charge in [0, 0.05) is 50.4 Å². The van der Waals surface area contributed by atoms with Gasteiger partial charge in [-0.2, -0.15) is 5.10 Å². The first-order valence-electron chi connectivity index (χ1n) is 9.01. The molecule has 2 saturated heterocycles. The van der Waals surface area contributed by atoms with Crippen molar-refractivity contribution in [1.29, 1.82) is 0 Å². The van der Waals surface area contributed by atoms with Crippen LogP contribution in [0.2, 0.25) is 0 Å². The number of aromatic amines is 1. The van der Waals surface area contributed by atoms with Crippen molar-refractivity contribution in [1.82, 2.24) is 25.3 Å². The zero-order chi connectivity index (χ0) is 17.6. The van der Waals surface area contributed by atoms with Crippen molar-refractivity contribution in [3.63, 3.8) is 0 Å². The van der Waals surface area contributed by atoms with Crippen molar-refractivity contribution < 1.29 is 14.7 Å². The van der Waals surface area contributed by atoms with Crippen LogP contribution in [-0.2, 0) is 17.8 Å². The minimum Gasteiger partial charge on any atom is -0.392 e. The first-order chi connectivity index (χ1) is 12.0. The van der Waals surface area contributed by atoms with Gasteiger partial charge in [0.25, 0.3) is 5.91 Å². The quantitative estimate of drug-likeness (QED) is 0.636. The fraction of sp³-hybridized carbons (Fsp3) is 0.706. The fourth-order valence-electron chi connectivity index (χ4n) is 4.37. The Bertz CT molecular complexity index is 702. The van der Waals surface area contributed by atoms with Gasteiger partial charge in [-0.1, -0.05) is 0 Å². The smallest absolute Gasteiger partial charge is 0.274 e. The van der Waals surface area contributed by atoms with Crippen LogP contribution in [0.4, 0.5) is 0 Å². The van der Waals surface area contributed by atoms with Crippen LogP contribution in [0.5, 0.6) is 0 Å². The Labute approximate surface area is 146 Å². The molecular formula is C17H25N5O3. The van der Waals surface area contributed by atoms with E-state index < -0.39 is 11.5 Å². The zero-order valence-corrected chi connectivity index (χ0v) is 14.5. The number of hydrogen-bond acceptors (Lipinski definition) is 5. The standard InChI is InChI=1S/C17H25N5O3/c1-21-7-3-12-11(9-21)14(20-19-12)15(24)22-8-4-13(23)17(10-22)5-2-6-18-16(17)25/h13,23H,2-10H2,1H3,(H,18,25)(H,19,20)/t13-,17+/m0/s1. The summed E-state index contributed by atoms with van der Waals surface area (Å²) in [6, 6.07) is 0. The SMILES string of the molecule is CN1CCc2[nH]nc(C(=O)N3CC[C@H](O)[C@@]4(CCCNC4=O)C3)c2C1. The molecule has 3 N–H and O–H groups in total. The van der Waals surface area contributed by atoms with Crippen LogP contribution in [0.15, 0.2) is 0 Å². The summed E-state index contributed by atoms with van der Waals surface area (Å²) < 4.78 is 0. The normalized spacial score (nSPS) is 30.2. The first kappa shape index (κ1) is 16.5. The van der Waals surface area contributed by atoms with E-state index >= 15 is 0 Å². The Hall–Kier alpha value is -1.93. The third-order valence-electron chi connectivity index (χ3n) is 5.93. The van der Waals surface area contributed by atoms with Crippen LogP contribution in [0.3, 0.4) is 0 Å². The second-order valence-electron chi connectivity index (χ2n) is 7.56. The molecule has 3 aliphatic rings. The lowest BCUT2D eigenvalue weighted by Gasteiger charge is -2.46. The molecule has 25 heavy (non-hydrogen) atoms. The average molecular weight is 347 g/mol. The van der Waals surface area contributed by atoms with Crippen molar-refractivity contribution in [3.8, 4) is 0 Å². The molecule has 0 aliphatic carbocycles. The third-order valence-corrected chi connectivity index (χ3v) is 5.93. The van der Waals surface area contributed by atoms with Gasteiger partial charge in [-0.15, -0.1) is 0 Å². The van der Waals surface area contributed by atoms with Gasteiger partial charge >= 0.3 is 0 Å². The molecule has 1 spiro atoms. The molecule has 136 valence electrons. The van der Waals surface area contributed by atoms with Gasteiger partial charge in [0.2, 0.25) is 5.91 Å². The summed E-state index contributed by atoms with van der Waals surface area (Å²) in [6.45, 7) is 3.00. The van der Waals surface area contributed by atoms with E-state index in [1.165, 1.54) is 0 Å². The number of aliphatic hydroxyl groups is 1. The molecule has 3 aliphatic heterocycles. The molecule has 1 aromatic rings.